The van der Waals surface area contributed by atoms with E-state index in [4.69, 9.17) is 17.3 Å². The van der Waals surface area contributed by atoms with Crippen molar-refractivity contribution in [3.05, 3.63) is 34.3 Å². The summed E-state index contributed by atoms with van der Waals surface area (Å²) in [5.74, 6) is 0.605. The average Bonchev–Trinajstić information content (AvgIpc) is 2.74. The van der Waals surface area contributed by atoms with E-state index >= 15 is 0 Å². The summed E-state index contributed by atoms with van der Waals surface area (Å²) >= 11 is 6.45. The maximum absolute atomic E-state index is 6.48. The molecule has 0 amide bonds. The highest BCUT2D eigenvalue weighted by atomic mass is 35.5. The molecule has 98 valence electrons. The topological polar surface area (TPSA) is 29.3 Å². The number of hydrogen-bond donors (Lipinski definition) is 1. The van der Waals surface area contributed by atoms with Crippen LogP contribution in [0.15, 0.2) is 18.2 Å². The molecule has 1 aliphatic carbocycles. The molecule has 1 aliphatic heterocycles. The Morgan fingerprint density at radius 2 is 1.94 bits per heavy atom. The van der Waals surface area contributed by atoms with Crippen LogP contribution in [0.1, 0.15) is 42.7 Å². The first-order chi connectivity index (χ1) is 8.58. The van der Waals surface area contributed by atoms with E-state index in [9.17, 15) is 0 Å². The van der Waals surface area contributed by atoms with Crippen molar-refractivity contribution in [3.8, 4) is 0 Å². The molecule has 3 heteroatoms. The first-order valence-corrected chi connectivity index (χ1v) is 7.24. The Morgan fingerprint density at radius 1 is 1.28 bits per heavy atom. The van der Waals surface area contributed by atoms with Gasteiger partial charge in [-0.05, 0) is 37.1 Å². The van der Waals surface area contributed by atoms with Gasteiger partial charge in [-0.2, -0.15) is 0 Å². The normalized spacial score (nSPS) is 24.2. The summed E-state index contributed by atoms with van der Waals surface area (Å²) in [4.78, 5) is 2.32. The molecule has 3 rings (SSSR count). The van der Waals surface area contributed by atoms with E-state index in [0.717, 1.165) is 31.0 Å². The molecule has 2 N–H and O–H groups in total. The van der Waals surface area contributed by atoms with E-state index in [0.29, 0.717) is 5.92 Å². The number of likely N-dealkylation sites (tertiary alicyclic amines) is 1. The number of halogens is 1. The summed E-state index contributed by atoms with van der Waals surface area (Å²) in [5, 5.41) is 0.905. The number of nitrogens with zero attached hydrogens (tertiary/aromatic N) is 1. The van der Waals surface area contributed by atoms with Gasteiger partial charge in [-0.1, -0.05) is 36.6 Å². The lowest BCUT2D eigenvalue weighted by atomic mass is 9.86. The highest BCUT2D eigenvalue weighted by Crippen LogP contribution is 2.39. The van der Waals surface area contributed by atoms with Crippen molar-refractivity contribution in [2.24, 2.45) is 5.73 Å². The van der Waals surface area contributed by atoms with Crippen molar-refractivity contribution in [2.75, 3.05) is 20.1 Å². The zero-order valence-corrected chi connectivity index (χ0v) is 11.7. The van der Waals surface area contributed by atoms with E-state index in [-0.39, 0.29) is 5.54 Å². The molecule has 2 fully saturated rings. The molecule has 1 saturated heterocycles. The lowest BCUT2D eigenvalue weighted by Crippen LogP contribution is -2.42. The van der Waals surface area contributed by atoms with Crippen LogP contribution in [0.3, 0.4) is 0 Å². The summed E-state index contributed by atoms with van der Waals surface area (Å²) in [6.07, 6.45) is 4.66. The molecule has 0 radical (unpaired) electrons. The first kappa shape index (κ1) is 12.5. The van der Waals surface area contributed by atoms with Gasteiger partial charge in [-0.3, -0.25) is 0 Å². The summed E-state index contributed by atoms with van der Waals surface area (Å²) < 4.78 is 0. The predicted molar refractivity (Wildman–Crippen MR) is 76.0 cm³/mol. The van der Waals surface area contributed by atoms with Gasteiger partial charge in [-0.25, -0.2) is 0 Å². The Kier molecular flexibility index (Phi) is 3.13. The van der Waals surface area contributed by atoms with E-state index in [1.54, 1.807) is 0 Å². The number of hydrogen-bond acceptors (Lipinski definition) is 2. The van der Waals surface area contributed by atoms with E-state index in [1.165, 1.54) is 24.0 Å². The van der Waals surface area contributed by atoms with Gasteiger partial charge >= 0.3 is 0 Å². The quantitative estimate of drug-likeness (QED) is 0.889. The fraction of sp³-hybridized carbons (Fsp3) is 0.600. The van der Waals surface area contributed by atoms with Crippen LogP contribution in [0.5, 0.6) is 0 Å². The molecule has 2 nitrogen and oxygen atoms in total. The number of rotatable bonds is 2. The van der Waals surface area contributed by atoms with Crippen molar-refractivity contribution in [1.82, 2.24) is 4.90 Å². The highest BCUT2D eigenvalue weighted by Gasteiger charge is 2.32. The molecule has 0 atom stereocenters. The van der Waals surface area contributed by atoms with Crippen LogP contribution in [-0.4, -0.2) is 25.0 Å². The van der Waals surface area contributed by atoms with Crippen molar-refractivity contribution >= 4 is 11.6 Å². The Balaban J connectivity index is 1.85. The molecule has 0 unspecified atom stereocenters. The van der Waals surface area contributed by atoms with Crippen LogP contribution in [-0.2, 0) is 5.54 Å². The maximum Gasteiger partial charge on any atom is 0.0445 e. The van der Waals surface area contributed by atoms with Gasteiger partial charge < -0.3 is 10.6 Å². The van der Waals surface area contributed by atoms with Crippen molar-refractivity contribution in [1.29, 1.82) is 0 Å². The minimum Gasteiger partial charge on any atom is -0.321 e. The minimum atomic E-state index is -0.126. The molecule has 1 saturated carbocycles. The predicted octanol–water partition coefficient (Wildman–Crippen LogP) is 3.10. The van der Waals surface area contributed by atoms with Gasteiger partial charge in [0.15, 0.2) is 0 Å². The first-order valence-electron chi connectivity index (χ1n) is 6.86. The number of likely N-dealkylation sites (N-methyl/N-ethyl adjacent to an activating group) is 1. The summed E-state index contributed by atoms with van der Waals surface area (Å²) in [7, 11) is 2.15. The Morgan fingerprint density at radius 3 is 2.50 bits per heavy atom. The third-order valence-electron chi connectivity index (χ3n) is 4.58. The Hall–Kier alpha value is -0.570. The molecule has 1 heterocycles. The van der Waals surface area contributed by atoms with Gasteiger partial charge in [0.25, 0.3) is 0 Å². The standard InChI is InChI=1S/C15H21ClN2/c1-18-9-11(10-18)13-5-4-12(8-14(13)16)15(17)6-2-3-7-15/h4-5,8,11H,2-3,6-7,9-10,17H2,1H3. The Labute approximate surface area is 114 Å². The molecular weight excluding hydrogens is 244 g/mol. The van der Waals surface area contributed by atoms with Crippen LogP contribution in [0.25, 0.3) is 0 Å². The van der Waals surface area contributed by atoms with E-state index < -0.39 is 0 Å². The van der Waals surface area contributed by atoms with Crippen LogP contribution in [0.2, 0.25) is 5.02 Å². The van der Waals surface area contributed by atoms with Crippen molar-refractivity contribution in [2.45, 2.75) is 37.1 Å². The fourth-order valence-corrected chi connectivity index (χ4v) is 3.69. The smallest absolute Gasteiger partial charge is 0.0445 e. The lowest BCUT2D eigenvalue weighted by molar-refractivity contribution is 0.190. The van der Waals surface area contributed by atoms with Gasteiger partial charge in [-0.15, -0.1) is 0 Å². The summed E-state index contributed by atoms with van der Waals surface area (Å²) in [6, 6.07) is 6.51. The molecule has 0 spiro atoms. The average molecular weight is 265 g/mol. The highest BCUT2D eigenvalue weighted by molar-refractivity contribution is 6.31. The second-order valence-corrected chi connectivity index (χ2v) is 6.42. The summed E-state index contributed by atoms with van der Waals surface area (Å²) in [6.45, 7) is 2.24. The molecule has 1 aromatic rings. The monoisotopic (exact) mass is 264 g/mol. The van der Waals surface area contributed by atoms with Crippen molar-refractivity contribution < 1.29 is 0 Å². The second kappa shape index (κ2) is 4.52. The zero-order valence-electron chi connectivity index (χ0n) is 11.0. The molecule has 18 heavy (non-hydrogen) atoms. The third kappa shape index (κ3) is 2.07. The molecule has 0 bridgehead atoms. The lowest BCUT2D eigenvalue weighted by Gasteiger charge is -2.37. The van der Waals surface area contributed by atoms with Crippen LogP contribution in [0.4, 0.5) is 0 Å². The minimum absolute atomic E-state index is 0.126. The SMILES string of the molecule is CN1CC(c2ccc(C3(N)CCCC3)cc2Cl)C1. The molecule has 0 aromatic heterocycles. The Bertz CT molecular complexity index is 446. The largest absolute Gasteiger partial charge is 0.321 e. The van der Waals surface area contributed by atoms with E-state index in [2.05, 4.69) is 30.1 Å². The third-order valence-corrected chi connectivity index (χ3v) is 4.90. The molecular formula is C15H21ClN2. The fourth-order valence-electron chi connectivity index (χ4n) is 3.36. The van der Waals surface area contributed by atoms with Gasteiger partial charge in [0.05, 0.1) is 0 Å². The molecule has 1 aromatic carbocycles. The zero-order chi connectivity index (χ0) is 12.8. The maximum atomic E-state index is 6.48. The number of nitrogens with two attached hydrogens (primary N) is 1. The summed E-state index contributed by atoms with van der Waals surface area (Å²) in [5.41, 5.74) is 8.87. The van der Waals surface area contributed by atoms with Crippen LogP contribution < -0.4 is 5.73 Å². The van der Waals surface area contributed by atoms with Crippen molar-refractivity contribution in [3.63, 3.8) is 0 Å². The van der Waals surface area contributed by atoms with Crippen LogP contribution >= 0.6 is 11.6 Å². The van der Waals surface area contributed by atoms with Crippen LogP contribution in [0, 0.1) is 0 Å². The number of benzene rings is 1. The van der Waals surface area contributed by atoms with Gasteiger partial charge in [0.1, 0.15) is 0 Å². The van der Waals surface area contributed by atoms with Gasteiger partial charge in [0, 0.05) is 29.6 Å². The van der Waals surface area contributed by atoms with Gasteiger partial charge in [0.2, 0.25) is 0 Å². The van der Waals surface area contributed by atoms with E-state index in [1.807, 2.05) is 0 Å². The second-order valence-electron chi connectivity index (χ2n) is 6.02. The molecule has 2 aliphatic rings.